The zero-order valence-electron chi connectivity index (χ0n) is 17.6. The molecule has 1 fully saturated rings. The first-order chi connectivity index (χ1) is 15.3. The average molecular weight is 463 g/mol. The molecule has 0 aliphatic carbocycles. The van der Waals surface area contributed by atoms with Crippen LogP contribution < -0.4 is 0 Å². The molecule has 4 rings (SSSR count). The predicted octanol–water partition coefficient (Wildman–Crippen LogP) is 6.02. The second-order valence-electron chi connectivity index (χ2n) is 8.04. The topological polar surface area (TPSA) is 38.1 Å². The summed E-state index contributed by atoms with van der Waals surface area (Å²) in [6, 6.07) is 10.0. The summed E-state index contributed by atoms with van der Waals surface area (Å²) >= 11 is 6.01. The first kappa shape index (κ1) is 22.6. The van der Waals surface area contributed by atoms with Gasteiger partial charge in [0.2, 0.25) is 5.91 Å². The summed E-state index contributed by atoms with van der Waals surface area (Å²) in [6.07, 6.45) is -0.212. The van der Waals surface area contributed by atoms with Gasteiger partial charge >= 0.3 is 6.18 Å². The molecule has 169 valence electrons. The Morgan fingerprint density at radius 2 is 1.88 bits per heavy atom. The number of halogens is 4. The number of aryl methyl sites for hydroxylation is 1. The van der Waals surface area contributed by atoms with Crippen molar-refractivity contribution in [3.8, 4) is 5.69 Å². The standard InChI is InChI=1S/C24H24ClF3N3O/c1-2-16-8-10-17(11-9-16)31-21-15-19(25)18(24(26,27)28)14-20(21)29-22(31)6-5-13-30-12-4-3-7-23(30)32/h8-11,14-15H,1-7,12-13H2. The van der Waals surface area contributed by atoms with Crippen LogP contribution in [0.25, 0.3) is 16.7 Å². The van der Waals surface area contributed by atoms with E-state index in [-0.39, 0.29) is 16.4 Å². The maximum absolute atomic E-state index is 13.4. The summed E-state index contributed by atoms with van der Waals surface area (Å²) in [4.78, 5) is 18.5. The fourth-order valence-corrected chi connectivity index (χ4v) is 4.42. The highest BCUT2D eigenvalue weighted by Crippen LogP contribution is 2.38. The van der Waals surface area contributed by atoms with Crippen molar-refractivity contribution in [2.45, 2.75) is 44.7 Å². The number of rotatable bonds is 6. The van der Waals surface area contributed by atoms with Gasteiger partial charge in [-0.2, -0.15) is 13.2 Å². The Bertz CT molecular complexity index is 1120. The summed E-state index contributed by atoms with van der Waals surface area (Å²) in [7, 11) is 0. The highest BCUT2D eigenvalue weighted by molar-refractivity contribution is 6.32. The van der Waals surface area contributed by atoms with Crippen molar-refractivity contribution in [1.29, 1.82) is 0 Å². The van der Waals surface area contributed by atoms with Gasteiger partial charge in [-0.1, -0.05) is 23.7 Å². The van der Waals surface area contributed by atoms with Crippen LogP contribution in [0.2, 0.25) is 5.02 Å². The fourth-order valence-electron chi connectivity index (χ4n) is 4.16. The molecule has 32 heavy (non-hydrogen) atoms. The Morgan fingerprint density at radius 1 is 1.12 bits per heavy atom. The number of benzene rings is 2. The molecule has 0 unspecified atom stereocenters. The van der Waals surface area contributed by atoms with Gasteiger partial charge in [-0.15, -0.1) is 0 Å². The van der Waals surface area contributed by atoms with Crippen molar-refractivity contribution in [1.82, 2.24) is 14.5 Å². The molecule has 0 N–H and O–H groups in total. The molecule has 0 saturated carbocycles. The van der Waals surface area contributed by atoms with Gasteiger partial charge in [0.05, 0.1) is 21.6 Å². The van der Waals surface area contributed by atoms with Crippen LogP contribution in [0.4, 0.5) is 13.2 Å². The van der Waals surface area contributed by atoms with Crippen molar-refractivity contribution >= 4 is 28.5 Å². The molecule has 2 aromatic carbocycles. The molecule has 1 amide bonds. The van der Waals surface area contributed by atoms with Crippen molar-refractivity contribution < 1.29 is 18.0 Å². The summed E-state index contributed by atoms with van der Waals surface area (Å²) in [5.74, 6) is 0.803. The maximum Gasteiger partial charge on any atom is 0.417 e. The lowest BCUT2D eigenvalue weighted by Crippen LogP contribution is -2.36. The Morgan fingerprint density at radius 3 is 2.53 bits per heavy atom. The van der Waals surface area contributed by atoms with E-state index in [2.05, 4.69) is 11.9 Å². The third kappa shape index (κ3) is 4.63. The minimum atomic E-state index is -4.56. The molecule has 0 bridgehead atoms. The number of alkyl halides is 3. The monoisotopic (exact) mass is 462 g/mol. The highest BCUT2D eigenvalue weighted by Gasteiger charge is 2.34. The van der Waals surface area contributed by atoms with Gasteiger partial charge in [0.25, 0.3) is 0 Å². The largest absolute Gasteiger partial charge is 0.417 e. The number of carbonyl (C=O) groups is 1. The van der Waals surface area contributed by atoms with Crippen molar-refractivity contribution in [3.63, 3.8) is 0 Å². The number of aromatic nitrogens is 2. The van der Waals surface area contributed by atoms with Crippen LogP contribution in [-0.2, 0) is 23.8 Å². The second kappa shape index (κ2) is 9.14. The van der Waals surface area contributed by atoms with Crippen LogP contribution in [0.3, 0.4) is 0 Å². The third-order valence-corrected chi connectivity index (χ3v) is 6.16. The van der Waals surface area contributed by atoms with E-state index in [1.54, 1.807) is 0 Å². The van der Waals surface area contributed by atoms with Gasteiger partial charge in [-0.3, -0.25) is 9.36 Å². The van der Waals surface area contributed by atoms with E-state index in [1.807, 2.05) is 33.7 Å². The van der Waals surface area contributed by atoms with Crippen LogP contribution in [0.5, 0.6) is 0 Å². The lowest BCUT2D eigenvalue weighted by molar-refractivity contribution is -0.137. The molecule has 1 saturated heterocycles. The number of imidazole rings is 1. The molecule has 0 spiro atoms. The van der Waals surface area contributed by atoms with Crippen LogP contribution in [0.15, 0.2) is 36.4 Å². The highest BCUT2D eigenvalue weighted by atomic mass is 35.5. The van der Waals surface area contributed by atoms with Gasteiger partial charge in [-0.25, -0.2) is 4.98 Å². The number of piperidine rings is 1. The first-order valence-electron chi connectivity index (χ1n) is 10.7. The van der Waals surface area contributed by atoms with Gasteiger partial charge in [0, 0.05) is 31.6 Å². The number of carbonyl (C=O) groups excluding carboxylic acids is 1. The number of fused-ring (bicyclic) bond motifs is 1. The third-order valence-electron chi connectivity index (χ3n) is 5.85. The van der Waals surface area contributed by atoms with Crippen LogP contribution in [-0.4, -0.2) is 33.4 Å². The Kier molecular flexibility index (Phi) is 6.47. The van der Waals surface area contributed by atoms with Crippen molar-refractivity contribution in [2.24, 2.45) is 0 Å². The van der Waals surface area contributed by atoms with Crippen LogP contribution in [0.1, 0.15) is 42.6 Å². The molecule has 4 nitrogen and oxygen atoms in total. The zero-order chi connectivity index (χ0) is 22.9. The molecule has 1 radical (unpaired) electrons. The molecule has 1 aliphatic heterocycles. The van der Waals surface area contributed by atoms with Gasteiger partial charge in [-0.05, 0) is 62.4 Å². The first-order valence-corrected chi connectivity index (χ1v) is 11.1. The number of hydrogen-bond acceptors (Lipinski definition) is 2. The molecular formula is C24H24ClF3N3O. The van der Waals surface area contributed by atoms with Crippen molar-refractivity contribution in [2.75, 3.05) is 13.1 Å². The summed E-state index contributed by atoms with van der Waals surface area (Å²) in [5.41, 5.74) is 1.72. The fraction of sp³-hybridized carbons (Fsp3) is 0.375. The minimum Gasteiger partial charge on any atom is -0.343 e. The summed E-state index contributed by atoms with van der Waals surface area (Å²) in [5, 5.41) is -0.356. The molecule has 2 heterocycles. The molecular weight excluding hydrogens is 439 g/mol. The molecule has 3 aromatic rings. The van der Waals surface area contributed by atoms with E-state index in [1.165, 1.54) is 6.07 Å². The molecule has 1 aliphatic rings. The van der Waals surface area contributed by atoms with E-state index in [0.717, 1.165) is 36.7 Å². The van der Waals surface area contributed by atoms with Gasteiger partial charge in [0.15, 0.2) is 0 Å². The lowest BCUT2D eigenvalue weighted by Gasteiger charge is -2.26. The van der Waals surface area contributed by atoms with Crippen LogP contribution in [0, 0.1) is 6.92 Å². The Balaban J connectivity index is 1.71. The SMILES string of the molecule is [CH2]Cc1ccc(-n2c(CCCN3CCCCC3=O)nc3cc(C(F)(F)F)c(Cl)cc32)cc1. The van der Waals surface area contributed by atoms with E-state index >= 15 is 0 Å². The van der Waals surface area contributed by atoms with E-state index < -0.39 is 11.7 Å². The van der Waals surface area contributed by atoms with E-state index in [4.69, 9.17) is 11.6 Å². The molecule has 0 atom stereocenters. The minimum absolute atomic E-state index is 0.162. The smallest absolute Gasteiger partial charge is 0.343 e. The second-order valence-corrected chi connectivity index (χ2v) is 8.45. The number of likely N-dealkylation sites (tertiary alicyclic amines) is 1. The number of hydrogen-bond donors (Lipinski definition) is 0. The Labute approximate surface area is 190 Å². The normalized spacial score (nSPS) is 15.0. The number of amides is 1. The average Bonchev–Trinajstić information content (AvgIpc) is 3.11. The molecule has 8 heteroatoms. The quantitative estimate of drug-likeness (QED) is 0.449. The van der Waals surface area contributed by atoms with Crippen molar-refractivity contribution in [3.05, 3.63) is 65.3 Å². The van der Waals surface area contributed by atoms with Gasteiger partial charge in [0.1, 0.15) is 5.82 Å². The lowest BCUT2D eigenvalue weighted by atomic mass is 10.1. The number of nitrogens with zero attached hydrogens (tertiary/aromatic N) is 3. The zero-order valence-corrected chi connectivity index (χ0v) is 18.3. The summed E-state index contributed by atoms with van der Waals surface area (Å²) in [6.45, 7) is 5.24. The van der Waals surface area contributed by atoms with Crippen LogP contribution >= 0.6 is 11.6 Å². The summed E-state index contributed by atoms with van der Waals surface area (Å²) < 4.78 is 42.0. The van der Waals surface area contributed by atoms with Gasteiger partial charge < -0.3 is 4.90 Å². The molecule has 1 aromatic heterocycles. The van der Waals surface area contributed by atoms with E-state index in [9.17, 15) is 18.0 Å². The predicted molar refractivity (Wildman–Crippen MR) is 119 cm³/mol. The van der Waals surface area contributed by atoms with E-state index in [0.29, 0.717) is 43.6 Å². The maximum atomic E-state index is 13.4. The Hall–Kier alpha value is -2.54.